The number of ether oxygens (including phenoxy) is 3. The first kappa shape index (κ1) is 79.9. The van der Waals surface area contributed by atoms with Gasteiger partial charge in [-0.15, -0.1) is 0 Å². The number of carbonyl (C=O) groups excluding carboxylic acids is 3. The average Bonchev–Trinajstić information content (AvgIpc) is 3.47. The highest BCUT2D eigenvalue weighted by Crippen LogP contribution is 2.19. The molecular weight excluding hydrogens is 1010 g/mol. The highest BCUT2D eigenvalue weighted by Gasteiger charge is 2.20. The van der Waals surface area contributed by atoms with Crippen molar-refractivity contribution in [2.75, 3.05) is 13.2 Å². The van der Waals surface area contributed by atoms with E-state index in [4.69, 9.17) is 14.2 Å². The molecule has 6 nitrogen and oxygen atoms in total. The first-order valence-electron chi connectivity index (χ1n) is 37.3. The molecule has 0 fully saturated rings. The van der Waals surface area contributed by atoms with Gasteiger partial charge in [0.1, 0.15) is 13.2 Å². The Kier molecular flexibility index (Phi) is 69.5. The lowest BCUT2D eigenvalue weighted by Crippen LogP contribution is -2.30. The monoisotopic (exact) mass is 1150 g/mol. The van der Waals surface area contributed by atoms with Crippen LogP contribution >= 0.6 is 0 Å². The van der Waals surface area contributed by atoms with Crippen LogP contribution in [0.15, 0.2) is 24.3 Å². The minimum atomic E-state index is -0.777. The molecule has 0 spiro atoms. The lowest BCUT2D eigenvalue weighted by molar-refractivity contribution is -0.167. The first-order valence-corrected chi connectivity index (χ1v) is 37.3. The second kappa shape index (κ2) is 71.4. The predicted molar refractivity (Wildman–Crippen MR) is 358 cm³/mol. The van der Waals surface area contributed by atoms with Crippen LogP contribution in [0.4, 0.5) is 0 Å². The van der Waals surface area contributed by atoms with Crippen LogP contribution in [0.2, 0.25) is 0 Å². The number of hydrogen-bond acceptors (Lipinski definition) is 6. The molecule has 0 aliphatic heterocycles. The van der Waals surface area contributed by atoms with Crippen LogP contribution in [0, 0.1) is 0 Å². The molecule has 0 aromatic heterocycles. The van der Waals surface area contributed by atoms with Crippen molar-refractivity contribution in [2.24, 2.45) is 0 Å². The van der Waals surface area contributed by atoms with Gasteiger partial charge in [0, 0.05) is 19.3 Å². The fourth-order valence-electron chi connectivity index (χ4n) is 11.6. The van der Waals surface area contributed by atoms with Crippen molar-refractivity contribution >= 4 is 17.9 Å². The van der Waals surface area contributed by atoms with Gasteiger partial charge in [-0.3, -0.25) is 14.4 Å². The van der Waals surface area contributed by atoms with Crippen LogP contribution in [0.3, 0.4) is 0 Å². The third-order valence-corrected chi connectivity index (χ3v) is 17.2. The number of unbranched alkanes of at least 4 members (excludes halogenated alkanes) is 55. The molecule has 6 heteroatoms. The molecule has 0 aliphatic carbocycles. The van der Waals surface area contributed by atoms with Gasteiger partial charge in [-0.1, -0.05) is 360 Å². The largest absolute Gasteiger partial charge is 0.462 e. The Balaban J connectivity index is 4.08. The second-order valence-electron chi connectivity index (χ2n) is 25.6. The molecule has 0 N–H and O–H groups in total. The summed E-state index contributed by atoms with van der Waals surface area (Å²) in [5, 5.41) is 0. The molecule has 82 heavy (non-hydrogen) atoms. The summed E-state index contributed by atoms with van der Waals surface area (Å²) in [5.41, 5.74) is 0. The Bertz CT molecular complexity index is 1320. The van der Waals surface area contributed by atoms with E-state index in [0.717, 1.165) is 70.6 Å². The maximum absolute atomic E-state index is 12.9. The smallest absolute Gasteiger partial charge is 0.306 e. The summed E-state index contributed by atoms with van der Waals surface area (Å²) in [7, 11) is 0. The zero-order valence-corrected chi connectivity index (χ0v) is 55.8. The lowest BCUT2D eigenvalue weighted by atomic mass is 10.0. The Labute approximate surface area is 513 Å². The van der Waals surface area contributed by atoms with Crippen LogP contribution in [0.5, 0.6) is 0 Å². The highest BCUT2D eigenvalue weighted by atomic mass is 16.6. The molecule has 1 unspecified atom stereocenters. The van der Waals surface area contributed by atoms with Gasteiger partial charge in [0.15, 0.2) is 6.10 Å². The zero-order chi connectivity index (χ0) is 59.2. The molecule has 0 radical (unpaired) electrons. The van der Waals surface area contributed by atoms with Crippen molar-refractivity contribution in [3.05, 3.63) is 24.3 Å². The van der Waals surface area contributed by atoms with Gasteiger partial charge in [0.2, 0.25) is 0 Å². The average molecular weight is 1150 g/mol. The summed E-state index contributed by atoms with van der Waals surface area (Å²) in [6.45, 7) is 6.69. The van der Waals surface area contributed by atoms with Gasteiger partial charge in [0.05, 0.1) is 0 Å². The van der Waals surface area contributed by atoms with E-state index in [1.165, 1.54) is 315 Å². The van der Waals surface area contributed by atoms with Crippen LogP contribution < -0.4 is 0 Å². The van der Waals surface area contributed by atoms with E-state index >= 15 is 0 Å². The zero-order valence-electron chi connectivity index (χ0n) is 55.8. The van der Waals surface area contributed by atoms with Gasteiger partial charge in [-0.2, -0.15) is 0 Å². The van der Waals surface area contributed by atoms with Crippen molar-refractivity contribution in [1.82, 2.24) is 0 Å². The fourth-order valence-corrected chi connectivity index (χ4v) is 11.6. The van der Waals surface area contributed by atoms with Crippen LogP contribution in [0.1, 0.15) is 425 Å². The summed E-state index contributed by atoms with van der Waals surface area (Å²) in [6, 6.07) is 0. The Morgan fingerprint density at radius 1 is 0.232 bits per heavy atom. The Morgan fingerprint density at radius 2 is 0.402 bits per heavy atom. The van der Waals surface area contributed by atoms with Gasteiger partial charge >= 0.3 is 17.9 Å². The molecular formula is C76H144O6. The topological polar surface area (TPSA) is 78.9 Å². The molecule has 484 valence electrons. The van der Waals surface area contributed by atoms with Gasteiger partial charge in [0.25, 0.3) is 0 Å². The van der Waals surface area contributed by atoms with Gasteiger partial charge in [-0.05, 0) is 70.6 Å². The quantitative estimate of drug-likeness (QED) is 0.0261. The summed E-state index contributed by atoms with van der Waals surface area (Å²) >= 11 is 0. The second-order valence-corrected chi connectivity index (χ2v) is 25.6. The molecule has 0 heterocycles. The molecule has 0 bridgehead atoms. The van der Waals surface area contributed by atoms with E-state index < -0.39 is 6.10 Å². The first-order chi connectivity index (χ1) is 40.5. The summed E-state index contributed by atoms with van der Waals surface area (Å²) in [4.78, 5) is 38.4. The normalized spacial score (nSPS) is 12.1. The summed E-state index contributed by atoms with van der Waals surface area (Å²) in [6.07, 6.45) is 88.1. The fraction of sp³-hybridized carbons (Fsp3) is 0.908. The third-order valence-electron chi connectivity index (χ3n) is 17.2. The van der Waals surface area contributed by atoms with E-state index in [-0.39, 0.29) is 31.1 Å². The number of esters is 3. The van der Waals surface area contributed by atoms with E-state index in [9.17, 15) is 14.4 Å². The molecule has 0 saturated carbocycles. The number of hydrogen-bond donors (Lipinski definition) is 0. The van der Waals surface area contributed by atoms with Crippen LogP contribution in [-0.4, -0.2) is 37.2 Å². The van der Waals surface area contributed by atoms with Crippen molar-refractivity contribution < 1.29 is 28.6 Å². The number of carbonyl (C=O) groups is 3. The van der Waals surface area contributed by atoms with Gasteiger partial charge in [-0.25, -0.2) is 0 Å². The van der Waals surface area contributed by atoms with Crippen LogP contribution in [-0.2, 0) is 28.6 Å². The van der Waals surface area contributed by atoms with E-state index in [1.54, 1.807) is 0 Å². The molecule has 0 aromatic rings. The summed E-state index contributed by atoms with van der Waals surface area (Å²) in [5.74, 6) is -0.860. The minimum absolute atomic E-state index is 0.0721. The molecule has 0 amide bonds. The molecule has 0 aliphatic rings. The Morgan fingerprint density at radius 3 is 0.610 bits per heavy atom. The lowest BCUT2D eigenvalue weighted by Gasteiger charge is -2.18. The molecule has 0 saturated heterocycles. The molecule has 0 aromatic carbocycles. The predicted octanol–water partition coefficient (Wildman–Crippen LogP) is 25.7. The Hall–Kier alpha value is -2.11. The number of allylic oxidation sites excluding steroid dienone is 4. The minimum Gasteiger partial charge on any atom is -0.462 e. The van der Waals surface area contributed by atoms with Crippen molar-refractivity contribution in [3.8, 4) is 0 Å². The molecule has 0 rings (SSSR count). The van der Waals surface area contributed by atoms with Crippen molar-refractivity contribution in [1.29, 1.82) is 0 Å². The third kappa shape index (κ3) is 68.7. The standard InChI is InChI=1S/C76H144O6/c1-4-7-10-13-16-19-22-25-28-30-31-32-33-34-35-36-37-38-39-40-41-42-43-44-45-46-47-49-51-54-57-60-63-66-69-75(78)81-72-73(71-80-74(77)68-65-62-59-56-53-50-27-24-21-18-15-12-9-6-3)82-76(79)70-67-64-61-58-55-52-48-29-26-23-20-17-14-11-8-5-2/h24,27,29,48,73H,4-23,25-26,28,30-47,49-72H2,1-3H3/b27-24-,48-29-. The van der Waals surface area contributed by atoms with E-state index in [0.29, 0.717) is 19.3 Å². The SMILES string of the molecule is CCCCCCC/C=C\CCCCCCCC(=O)OCC(COC(=O)CCCCCCCCCCCCCCCCCCCCCCCCCCCCCCCCCCCC)OC(=O)CCCCCCC/C=C\CCCCCCCCC. The van der Waals surface area contributed by atoms with Crippen molar-refractivity contribution in [3.63, 3.8) is 0 Å². The van der Waals surface area contributed by atoms with Crippen molar-refractivity contribution in [2.45, 2.75) is 431 Å². The van der Waals surface area contributed by atoms with E-state index in [2.05, 4.69) is 45.1 Å². The van der Waals surface area contributed by atoms with Gasteiger partial charge < -0.3 is 14.2 Å². The van der Waals surface area contributed by atoms with E-state index in [1.807, 2.05) is 0 Å². The summed E-state index contributed by atoms with van der Waals surface area (Å²) < 4.78 is 17.0. The maximum atomic E-state index is 12.9. The number of rotatable bonds is 70. The highest BCUT2D eigenvalue weighted by molar-refractivity contribution is 5.71. The van der Waals surface area contributed by atoms with Crippen LogP contribution in [0.25, 0.3) is 0 Å². The molecule has 1 atom stereocenters. The maximum Gasteiger partial charge on any atom is 0.306 e.